The highest BCUT2D eigenvalue weighted by atomic mass is 16.1. The molecule has 2 aliphatic carbocycles. The lowest BCUT2D eigenvalue weighted by Crippen LogP contribution is -2.40. The molecule has 2 aromatic rings. The number of hydrogen-bond acceptors (Lipinski definition) is 6. The number of nitriles is 1. The molecule has 0 radical (unpaired) electrons. The minimum absolute atomic E-state index is 0.109. The number of aromatic nitrogens is 2. The van der Waals surface area contributed by atoms with Crippen LogP contribution in [0.3, 0.4) is 0 Å². The van der Waals surface area contributed by atoms with Crippen molar-refractivity contribution < 1.29 is 4.79 Å². The fraction of sp³-hybridized carbons (Fsp3) is 0.500. The monoisotopic (exact) mass is 418 g/mol. The van der Waals surface area contributed by atoms with E-state index in [9.17, 15) is 4.79 Å². The first-order chi connectivity index (χ1) is 15.0. The molecule has 4 rings (SSSR count). The molecule has 2 N–H and O–H groups in total. The minimum atomic E-state index is -0.109. The maximum absolute atomic E-state index is 12.5. The van der Waals surface area contributed by atoms with Crippen LogP contribution in [0.15, 0.2) is 24.3 Å². The Bertz CT molecular complexity index is 988. The standard InChI is InChI=1S/C24H30N6O/c1-30(2)22-20-8-3-4-9-21(20)28-24(29-22)27-19-12-10-18(11-13-19)26-23(31)17-7-5-6-16(14-17)15-25/h5-7,14,18-19H,3-4,8-13H2,1-2H3,(H,26,31)(H,27,28,29)/t18-,19+. The molecule has 1 heterocycles. The summed E-state index contributed by atoms with van der Waals surface area (Å²) in [5.74, 6) is 1.65. The van der Waals surface area contributed by atoms with E-state index >= 15 is 0 Å². The lowest BCUT2D eigenvalue weighted by Gasteiger charge is -2.30. The maximum atomic E-state index is 12.5. The number of anilines is 2. The van der Waals surface area contributed by atoms with Crippen LogP contribution in [-0.4, -0.2) is 42.1 Å². The first-order valence-corrected chi connectivity index (χ1v) is 11.2. The van der Waals surface area contributed by atoms with E-state index in [-0.39, 0.29) is 11.9 Å². The van der Waals surface area contributed by atoms with Crippen LogP contribution in [0.4, 0.5) is 11.8 Å². The van der Waals surface area contributed by atoms with Gasteiger partial charge in [-0.2, -0.15) is 10.2 Å². The van der Waals surface area contributed by atoms with E-state index in [1.165, 1.54) is 24.1 Å². The van der Waals surface area contributed by atoms with Gasteiger partial charge in [0.05, 0.1) is 17.3 Å². The summed E-state index contributed by atoms with van der Waals surface area (Å²) < 4.78 is 0. The van der Waals surface area contributed by atoms with Crippen LogP contribution in [-0.2, 0) is 12.8 Å². The van der Waals surface area contributed by atoms with Crippen molar-refractivity contribution in [3.63, 3.8) is 0 Å². The summed E-state index contributed by atoms with van der Waals surface area (Å²) in [5, 5.41) is 15.7. The molecule has 1 aromatic heterocycles. The van der Waals surface area contributed by atoms with Crippen LogP contribution in [0.25, 0.3) is 0 Å². The van der Waals surface area contributed by atoms with Crippen molar-refractivity contribution in [3.05, 3.63) is 46.6 Å². The molecule has 1 aromatic carbocycles. The molecule has 7 nitrogen and oxygen atoms in total. The Labute approximate surface area is 183 Å². The van der Waals surface area contributed by atoms with Gasteiger partial charge in [-0.25, -0.2) is 4.98 Å². The summed E-state index contributed by atoms with van der Waals surface area (Å²) in [6.07, 6.45) is 8.23. The molecular formula is C24H30N6O. The third kappa shape index (κ3) is 4.96. The van der Waals surface area contributed by atoms with Gasteiger partial charge < -0.3 is 15.5 Å². The number of hydrogen-bond donors (Lipinski definition) is 2. The summed E-state index contributed by atoms with van der Waals surface area (Å²) in [4.78, 5) is 24.3. The van der Waals surface area contributed by atoms with Gasteiger partial charge in [-0.15, -0.1) is 0 Å². The van der Waals surface area contributed by atoms with E-state index in [0.717, 1.165) is 50.3 Å². The number of benzene rings is 1. The molecule has 0 bridgehead atoms. The second-order valence-electron chi connectivity index (χ2n) is 8.76. The van der Waals surface area contributed by atoms with Crippen molar-refractivity contribution in [2.75, 3.05) is 24.3 Å². The molecule has 2 aliphatic rings. The van der Waals surface area contributed by atoms with E-state index in [0.29, 0.717) is 17.2 Å². The van der Waals surface area contributed by atoms with Crippen LogP contribution >= 0.6 is 0 Å². The molecule has 162 valence electrons. The lowest BCUT2D eigenvalue weighted by atomic mass is 9.91. The number of rotatable bonds is 5. The fourth-order valence-corrected chi connectivity index (χ4v) is 4.57. The Hall–Kier alpha value is -3.14. The van der Waals surface area contributed by atoms with E-state index < -0.39 is 0 Å². The highest BCUT2D eigenvalue weighted by molar-refractivity contribution is 5.94. The highest BCUT2D eigenvalue weighted by Crippen LogP contribution is 2.29. The van der Waals surface area contributed by atoms with E-state index in [1.54, 1.807) is 24.3 Å². The molecule has 1 amide bonds. The van der Waals surface area contributed by atoms with Crippen molar-refractivity contribution in [2.45, 2.75) is 63.5 Å². The second kappa shape index (κ2) is 9.34. The van der Waals surface area contributed by atoms with Crippen LogP contribution in [0.5, 0.6) is 0 Å². The summed E-state index contributed by atoms with van der Waals surface area (Å²) in [6.45, 7) is 0. The molecule has 31 heavy (non-hydrogen) atoms. The van der Waals surface area contributed by atoms with E-state index in [2.05, 4.69) is 21.6 Å². The van der Waals surface area contributed by atoms with Crippen LogP contribution in [0.2, 0.25) is 0 Å². The number of carbonyl (C=O) groups is 1. The number of nitrogens with one attached hydrogen (secondary N) is 2. The number of amides is 1. The topological polar surface area (TPSA) is 93.9 Å². The van der Waals surface area contributed by atoms with E-state index in [1.807, 2.05) is 14.1 Å². The predicted octanol–water partition coefficient (Wildman–Crippen LogP) is 3.45. The van der Waals surface area contributed by atoms with Crippen LogP contribution in [0.1, 0.15) is 65.7 Å². The normalized spacial score (nSPS) is 20.3. The Kier molecular flexibility index (Phi) is 6.36. The molecule has 7 heteroatoms. The fourth-order valence-electron chi connectivity index (χ4n) is 4.57. The largest absolute Gasteiger partial charge is 0.362 e. The Morgan fingerprint density at radius 3 is 2.58 bits per heavy atom. The van der Waals surface area contributed by atoms with Crippen LogP contribution in [0, 0.1) is 11.3 Å². The second-order valence-corrected chi connectivity index (χ2v) is 8.76. The van der Waals surface area contributed by atoms with Gasteiger partial charge in [0, 0.05) is 37.3 Å². The number of nitrogens with zero attached hydrogens (tertiary/aromatic N) is 4. The third-order valence-corrected chi connectivity index (χ3v) is 6.23. The summed E-state index contributed by atoms with van der Waals surface area (Å²) in [6, 6.07) is 9.38. The molecule has 0 unspecified atom stereocenters. The van der Waals surface area contributed by atoms with Crippen molar-refractivity contribution >= 4 is 17.7 Å². The van der Waals surface area contributed by atoms with Gasteiger partial charge in [-0.3, -0.25) is 4.79 Å². The number of fused-ring (bicyclic) bond motifs is 1. The Morgan fingerprint density at radius 1 is 1.10 bits per heavy atom. The lowest BCUT2D eigenvalue weighted by molar-refractivity contribution is 0.0926. The first-order valence-electron chi connectivity index (χ1n) is 11.2. The van der Waals surface area contributed by atoms with E-state index in [4.69, 9.17) is 15.2 Å². The van der Waals surface area contributed by atoms with Crippen molar-refractivity contribution in [2.24, 2.45) is 0 Å². The van der Waals surface area contributed by atoms with Gasteiger partial charge in [0.2, 0.25) is 5.95 Å². The molecule has 0 aliphatic heterocycles. The molecule has 0 saturated heterocycles. The molecule has 0 atom stereocenters. The van der Waals surface area contributed by atoms with Crippen LogP contribution < -0.4 is 15.5 Å². The van der Waals surface area contributed by atoms with Gasteiger partial charge in [-0.05, 0) is 69.6 Å². The summed E-state index contributed by atoms with van der Waals surface area (Å²) >= 11 is 0. The zero-order valence-corrected chi connectivity index (χ0v) is 18.3. The Balaban J connectivity index is 1.35. The molecule has 1 fully saturated rings. The zero-order chi connectivity index (χ0) is 21.8. The van der Waals surface area contributed by atoms with Crippen molar-refractivity contribution in [1.29, 1.82) is 5.26 Å². The average molecular weight is 419 g/mol. The molecule has 0 spiro atoms. The minimum Gasteiger partial charge on any atom is -0.362 e. The Morgan fingerprint density at radius 2 is 1.84 bits per heavy atom. The SMILES string of the molecule is CN(C)c1nc(N[C@H]2CC[C@@H](NC(=O)c3cccc(C#N)c3)CC2)nc2c1CCCC2. The first kappa shape index (κ1) is 21.1. The van der Waals surface area contributed by atoms with Gasteiger partial charge in [0.15, 0.2) is 0 Å². The zero-order valence-electron chi connectivity index (χ0n) is 18.3. The number of aryl methyl sites for hydroxylation is 1. The quantitative estimate of drug-likeness (QED) is 0.772. The summed E-state index contributed by atoms with van der Waals surface area (Å²) in [7, 11) is 4.09. The summed E-state index contributed by atoms with van der Waals surface area (Å²) in [5.41, 5.74) is 3.53. The number of carbonyl (C=O) groups excluding carboxylic acids is 1. The molecule has 1 saturated carbocycles. The highest BCUT2D eigenvalue weighted by Gasteiger charge is 2.25. The average Bonchev–Trinajstić information content (AvgIpc) is 2.79. The predicted molar refractivity (Wildman–Crippen MR) is 121 cm³/mol. The van der Waals surface area contributed by atoms with Gasteiger partial charge in [0.25, 0.3) is 5.91 Å². The van der Waals surface area contributed by atoms with Gasteiger partial charge in [0.1, 0.15) is 5.82 Å². The third-order valence-electron chi connectivity index (χ3n) is 6.23. The van der Waals surface area contributed by atoms with Gasteiger partial charge >= 0.3 is 0 Å². The maximum Gasteiger partial charge on any atom is 0.251 e. The smallest absolute Gasteiger partial charge is 0.251 e. The van der Waals surface area contributed by atoms with Gasteiger partial charge in [-0.1, -0.05) is 6.07 Å². The van der Waals surface area contributed by atoms with Crippen molar-refractivity contribution in [1.82, 2.24) is 15.3 Å². The van der Waals surface area contributed by atoms with Crippen molar-refractivity contribution in [3.8, 4) is 6.07 Å². The molecular weight excluding hydrogens is 388 g/mol.